The fraction of sp³-hybridized carbons (Fsp3) is 0.235. The second-order valence-electron chi connectivity index (χ2n) is 6.09. The highest BCUT2D eigenvalue weighted by molar-refractivity contribution is 14.1. The predicted molar refractivity (Wildman–Crippen MR) is 102 cm³/mol. The van der Waals surface area contributed by atoms with Crippen molar-refractivity contribution >= 4 is 40.3 Å². The van der Waals surface area contributed by atoms with Crippen LogP contribution in [0.2, 0.25) is 0 Å². The number of nitrogens with zero attached hydrogens (tertiary/aromatic N) is 1. The van der Waals surface area contributed by atoms with E-state index in [0.29, 0.717) is 20.8 Å². The number of carbonyl (C=O) groups excluding carboxylic acids is 2. The molecule has 0 aliphatic carbocycles. The van der Waals surface area contributed by atoms with E-state index in [0.717, 1.165) is 0 Å². The molecule has 132 valence electrons. The van der Waals surface area contributed by atoms with Crippen molar-refractivity contribution in [3.8, 4) is 11.5 Å². The van der Waals surface area contributed by atoms with Crippen molar-refractivity contribution in [3.05, 3.63) is 45.8 Å². The lowest BCUT2D eigenvalue weighted by Crippen LogP contribution is -2.27. The number of amides is 2. The number of ether oxygens (including phenoxy) is 2. The third kappa shape index (κ3) is 5.59. The molecule has 0 spiro atoms. The molecule has 0 unspecified atom stereocenters. The van der Waals surface area contributed by atoms with Crippen molar-refractivity contribution in [2.75, 3.05) is 5.32 Å². The van der Waals surface area contributed by atoms with Crippen LogP contribution in [0.15, 0.2) is 36.5 Å². The number of pyridine rings is 1. The van der Waals surface area contributed by atoms with E-state index in [2.05, 4.69) is 10.3 Å². The van der Waals surface area contributed by atoms with Gasteiger partial charge in [0.15, 0.2) is 0 Å². The van der Waals surface area contributed by atoms with E-state index in [1.807, 2.05) is 22.6 Å². The molecular formula is C17H18IN3O4. The normalized spacial score (nSPS) is 10.9. The third-order valence-electron chi connectivity index (χ3n) is 2.81. The summed E-state index contributed by atoms with van der Waals surface area (Å²) in [5, 5.41) is 2.64. The van der Waals surface area contributed by atoms with Gasteiger partial charge >= 0.3 is 6.09 Å². The standard InChI is InChI=1S/C17H18IN3O4/c1-17(2,3)25-16(23)21-10-4-6-11(7-5-10)24-12-8-9-20-14(13(12)18)15(19)22/h4-9H,1-3H3,(H2,19,22)(H,21,23). The van der Waals surface area contributed by atoms with Crippen LogP contribution < -0.4 is 15.8 Å². The average Bonchev–Trinajstić information content (AvgIpc) is 2.49. The molecule has 0 aliphatic heterocycles. The number of nitrogens with one attached hydrogen (secondary N) is 1. The Morgan fingerprint density at radius 2 is 1.80 bits per heavy atom. The first kappa shape index (κ1) is 19.0. The SMILES string of the molecule is CC(C)(C)OC(=O)Nc1ccc(Oc2ccnc(C(N)=O)c2I)cc1. The molecule has 0 radical (unpaired) electrons. The molecule has 1 aromatic carbocycles. The monoisotopic (exact) mass is 455 g/mol. The molecule has 7 nitrogen and oxygen atoms in total. The summed E-state index contributed by atoms with van der Waals surface area (Å²) >= 11 is 1.96. The van der Waals surface area contributed by atoms with Gasteiger partial charge in [-0.05, 0) is 67.6 Å². The summed E-state index contributed by atoms with van der Waals surface area (Å²) in [7, 11) is 0. The Kier molecular flexibility index (Phi) is 5.83. The molecule has 2 amide bonds. The van der Waals surface area contributed by atoms with E-state index in [9.17, 15) is 9.59 Å². The third-order valence-corrected chi connectivity index (χ3v) is 3.86. The molecule has 1 aromatic heterocycles. The molecule has 0 aliphatic rings. The smallest absolute Gasteiger partial charge is 0.412 e. The number of carbonyl (C=O) groups is 2. The minimum Gasteiger partial charge on any atom is -0.456 e. The number of hydrogen-bond donors (Lipinski definition) is 2. The number of halogens is 1. The maximum Gasteiger partial charge on any atom is 0.412 e. The van der Waals surface area contributed by atoms with Crippen LogP contribution in [0.5, 0.6) is 11.5 Å². The van der Waals surface area contributed by atoms with E-state index in [4.69, 9.17) is 15.2 Å². The van der Waals surface area contributed by atoms with E-state index in [1.54, 1.807) is 51.1 Å². The van der Waals surface area contributed by atoms with E-state index < -0.39 is 17.6 Å². The summed E-state index contributed by atoms with van der Waals surface area (Å²) in [4.78, 5) is 27.0. The van der Waals surface area contributed by atoms with Gasteiger partial charge in [0.1, 0.15) is 22.8 Å². The van der Waals surface area contributed by atoms with Gasteiger partial charge in [-0.2, -0.15) is 0 Å². The summed E-state index contributed by atoms with van der Waals surface area (Å²) < 4.78 is 11.5. The Morgan fingerprint density at radius 3 is 2.36 bits per heavy atom. The maximum absolute atomic E-state index is 11.7. The lowest BCUT2D eigenvalue weighted by molar-refractivity contribution is 0.0635. The van der Waals surface area contributed by atoms with Gasteiger partial charge in [-0.25, -0.2) is 9.78 Å². The Labute approximate surface area is 159 Å². The van der Waals surface area contributed by atoms with E-state index >= 15 is 0 Å². The van der Waals surface area contributed by atoms with Gasteiger partial charge in [-0.15, -0.1) is 0 Å². The molecule has 8 heteroatoms. The summed E-state index contributed by atoms with van der Waals surface area (Å²) in [6, 6.07) is 8.38. The van der Waals surface area contributed by atoms with Gasteiger partial charge in [0, 0.05) is 18.0 Å². The van der Waals surface area contributed by atoms with Crippen molar-refractivity contribution < 1.29 is 19.1 Å². The van der Waals surface area contributed by atoms with E-state index in [1.165, 1.54) is 6.20 Å². The molecular weight excluding hydrogens is 437 g/mol. The van der Waals surface area contributed by atoms with Crippen LogP contribution >= 0.6 is 22.6 Å². The fourth-order valence-electron chi connectivity index (χ4n) is 1.83. The predicted octanol–water partition coefficient (Wildman–Crippen LogP) is 3.92. The minimum absolute atomic E-state index is 0.154. The number of nitrogens with two attached hydrogens (primary N) is 1. The Balaban J connectivity index is 2.07. The quantitative estimate of drug-likeness (QED) is 0.681. The van der Waals surface area contributed by atoms with Crippen LogP contribution in [-0.2, 0) is 4.74 Å². The molecule has 0 saturated heterocycles. The molecule has 0 fully saturated rings. The van der Waals surface area contributed by atoms with Crippen molar-refractivity contribution in [1.29, 1.82) is 0 Å². The lowest BCUT2D eigenvalue weighted by Gasteiger charge is -2.19. The molecule has 25 heavy (non-hydrogen) atoms. The van der Waals surface area contributed by atoms with Crippen LogP contribution in [-0.4, -0.2) is 22.6 Å². The van der Waals surface area contributed by atoms with Gasteiger partial charge in [0.05, 0.1) is 3.57 Å². The lowest BCUT2D eigenvalue weighted by atomic mass is 10.2. The van der Waals surface area contributed by atoms with Crippen molar-refractivity contribution in [2.24, 2.45) is 5.73 Å². The van der Waals surface area contributed by atoms with Crippen LogP contribution in [0.1, 0.15) is 31.3 Å². The van der Waals surface area contributed by atoms with Gasteiger partial charge in [0.25, 0.3) is 5.91 Å². The number of aromatic nitrogens is 1. The largest absolute Gasteiger partial charge is 0.456 e. The number of anilines is 1. The van der Waals surface area contributed by atoms with Gasteiger partial charge < -0.3 is 15.2 Å². The zero-order valence-corrected chi connectivity index (χ0v) is 16.2. The number of primary amides is 1. The second kappa shape index (κ2) is 7.68. The molecule has 2 rings (SSSR count). The average molecular weight is 455 g/mol. The van der Waals surface area contributed by atoms with Crippen molar-refractivity contribution in [3.63, 3.8) is 0 Å². The number of rotatable bonds is 4. The van der Waals surface area contributed by atoms with Crippen LogP contribution in [0.4, 0.5) is 10.5 Å². The highest BCUT2D eigenvalue weighted by Crippen LogP contribution is 2.28. The topological polar surface area (TPSA) is 104 Å². The first-order chi connectivity index (χ1) is 11.7. The zero-order valence-electron chi connectivity index (χ0n) is 14.0. The first-order valence-corrected chi connectivity index (χ1v) is 8.46. The highest BCUT2D eigenvalue weighted by atomic mass is 127. The molecule has 2 aromatic rings. The second-order valence-corrected chi connectivity index (χ2v) is 7.17. The molecule has 0 atom stereocenters. The van der Waals surface area contributed by atoms with Gasteiger partial charge in [-0.3, -0.25) is 10.1 Å². The summed E-state index contributed by atoms with van der Waals surface area (Å²) in [5.41, 5.74) is 5.43. The van der Waals surface area contributed by atoms with Gasteiger partial charge in [-0.1, -0.05) is 0 Å². The Hall–Kier alpha value is -2.36. The maximum atomic E-state index is 11.7. The van der Waals surface area contributed by atoms with Crippen LogP contribution in [0.3, 0.4) is 0 Å². The van der Waals surface area contributed by atoms with Crippen molar-refractivity contribution in [1.82, 2.24) is 4.98 Å². The number of benzene rings is 1. The zero-order chi connectivity index (χ0) is 18.6. The van der Waals surface area contributed by atoms with Crippen molar-refractivity contribution in [2.45, 2.75) is 26.4 Å². The highest BCUT2D eigenvalue weighted by Gasteiger charge is 2.16. The first-order valence-electron chi connectivity index (χ1n) is 7.38. The van der Waals surface area contributed by atoms with Crippen LogP contribution in [0.25, 0.3) is 0 Å². The summed E-state index contributed by atoms with van der Waals surface area (Å²) in [6.07, 6.45) is 0.923. The fourth-order valence-corrected chi connectivity index (χ4v) is 2.53. The molecule has 1 heterocycles. The Morgan fingerprint density at radius 1 is 1.16 bits per heavy atom. The van der Waals surface area contributed by atoms with Gasteiger partial charge in [0.2, 0.25) is 0 Å². The summed E-state index contributed by atoms with van der Waals surface area (Å²) in [6.45, 7) is 5.38. The van der Waals surface area contributed by atoms with E-state index in [-0.39, 0.29) is 5.69 Å². The molecule has 0 saturated carbocycles. The molecule has 0 bridgehead atoms. The Bertz CT molecular complexity index is 785. The number of hydrogen-bond acceptors (Lipinski definition) is 5. The summed E-state index contributed by atoms with van der Waals surface area (Å²) in [5.74, 6) is 0.387. The minimum atomic E-state index is -0.619. The molecule has 3 N–H and O–H groups in total. The van der Waals surface area contributed by atoms with Crippen LogP contribution in [0, 0.1) is 3.57 Å².